The minimum atomic E-state index is -0.423. The number of carbonyl (C=O) groups excluding carboxylic acids is 1. The second-order valence-electron chi connectivity index (χ2n) is 7.71. The van der Waals surface area contributed by atoms with Crippen molar-refractivity contribution >= 4 is 28.4 Å². The smallest absolute Gasteiger partial charge is 0.262 e. The number of hydrogen-bond acceptors (Lipinski definition) is 6. The van der Waals surface area contributed by atoms with Crippen LogP contribution in [0, 0.1) is 11.3 Å². The maximum atomic E-state index is 12.3. The molecule has 1 heterocycles. The van der Waals surface area contributed by atoms with Gasteiger partial charge in [-0.15, -0.1) is 0 Å². The normalized spacial score (nSPS) is 14.4. The van der Waals surface area contributed by atoms with Crippen molar-refractivity contribution < 1.29 is 19.4 Å². The van der Waals surface area contributed by atoms with Crippen molar-refractivity contribution in [3.63, 3.8) is 0 Å². The summed E-state index contributed by atoms with van der Waals surface area (Å²) < 4.78 is 10.4. The Hall–Kier alpha value is -2.92. The van der Waals surface area contributed by atoms with E-state index < -0.39 is 5.91 Å². The van der Waals surface area contributed by atoms with Crippen molar-refractivity contribution in [2.75, 3.05) is 57.6 Å². The SMILES string of the molecule is N#C/C(=C\c1ccc2cc(N3CCCCC3)ccc2c1)C(=O)NCCOCCOCCO. The van der Waals surface area contributed by atoms with Gasteiger partial charge >= 0.3 is 0 Å². The van der Waals surface area contributed by atoms with Gasteiger partial charge in [-0.05, 0) is 59.9 Å². The molecule has 1 fully saturated rings. The number of amides is 1. The molecule has 1 aliphatic heterocycles. The van der Waals surface area contributed by atoms with Gasteiger partial charge < -0.3 is 24.8 Å². The Bertz CT molecular complexity index is 961. The number of benzene rings is 2. The van der Waals surface area contributed by atoms with Gasteiger partial charge in [-0.3, -0.25) is 4.79 Å². The highest BCUT2D eigenvalue weighted by molar-refractivity contribution is 6.02. The van der Waals surface area contributed by atoms with Crippen LogP contribution < -0.4 is 10.2 Å². The lowest BCUT2D eigenvalue weighted by atomic mass is 10.0. The van der Waals surface area contributed by atoms with E-state index in [2.05, 4.69) is 28.4 Å². The van der Waals surface area contributed by atoms with Crippen LogP contribution in [0.25, 0.3) is 16.8 Å². The van der Waals surface area contributed by atoms with Crippen LogP contribution in [0.15, 0.2) is 42.0 Å². The van der Waals surface area contributed by atoms with Crippen LogP contribution in [0.2, 0.25) is 0 Å². The van der Waals surface area contributed by atoms with E-state index in [1.807, 2.05) is 24.3 Å². The van der Waals surface area contributed by atoms with Crippen LogP contribution in [0.3, 0.4) is 0 Å². The van der Waals surface area contributed by atoms with Crippen LogP contribution in [0.1, 0.15) is 24.8 Å². The second-order valence-corrected chi connectivity index (χ2v) is 7.71. The number of nitrogens with zero attached hydrogens (tertiary/aromatic N) is 2. The first-order valence-electron chi connectivity index (χ1n) is 11.2. The Morgan fingerprint density at radius 3 is 2.50 bits per heavy atom. The number of fused-ring (bicyclic) bond motifs is 1. The van der Waals surface area contributed by atoms with E-state index in [-0.39, 0.29) is 18.8 Å². The van der Waals surface area contributed by atoms with Gasteiger partial charge in [0.25, 0.3) is 5.91 Å². The average molecular weight is 438 g/mol. The Morgan fingerprint density at radius 1 is 1.03 bits per heavy atom. The lowest BCUT2D eigenvalue weighted by Gasteiger charge is -2.29. The summed E-state index contributed by atoms with van der Waals surface area (Å²) in [6.45, 7) is 3.87. The van der Waals surface area contributed by atoms with Crippen LogP contribution in [-0.2, 0) is 14.3 Å². The zero-order valence-electron chi connectivity index (χ0n) is 18.4. The van der Waals surface area contributed by atoms with Gasteiger partial charge in [0.05, 0.1) is 33.0 Å². The molecule has 0 radical (unpaired) electrons. The number of aliphatic hydroxyl groups excluding tert-OH is 1. The van der Waals surface area contributed by atoms with Gasteiger partial charge in [0.15, 0.2) is 0 Å². The molecule has 3 rings (SSSR count). The summed E-state index contributed by atoms with van der Waals surface area (Å²) in [5.74, 6) is -0.423. The van der Waals surface area contributed by atoms with E-state index in [0.717, 1.165) is 29.4 Å². The molecular formula is C25H31N3O4. The molecule has 2 N–H and O–H groups in total. The third-order valence-electron chi connectivity index (χ3n) is 5.38. The summed E-state index contributed by atoms with van der Waals surface area (Å²) >= 11 is 0. The van der Waals surface area contributed by atoms with Gasteiger partial charge in [0.1, 0.15) is 11.6 Å². The van der Waals surface area contributed by atoms with Crippen molar-refractivity contribution in [2.24, 2.45) is 0 Å². The van der Waals surface area contributed by atoms with Crippen LogP contribution in [0.4, 0.5) is 5.69 Å². The first-order chi connectivity index (χ1) is 15.7. The van der Waals surface area contributed by atoms with Gasteiger partial charge in [-0.1, -0.05) is 18.2 Å². The molecule has 0 atom stereocenters. The fourth-order valence-corrected chi connectivity index (χ4v) is 3.72. The number of aliphatic hydroxyl groups is 1. The molecule has 0 aromatic heterocycles. The van der Waals surface area contributed by atoms with Crippen molar-refractivity contribution in [1.82, 2.24) is 5.32 Å². The van der Waals surface area contributed by atoms with Crippen LogP contribution in [0.5, 0.6) is 0 Å². The number of nitrogens with one attached hydrogen (secondary N) is 1. The minimum absolute atomic E-state index is 0.0177. The molecule has 7 heteroatoms. The number of nitriles is 1. The third kappa shape index (κ3) is 7.06. The highest BCUT2D eigenvalue weighted by Gasteiger charge is 2.12. The van der Waals surface area contributed by atoms with Crippen molar-refractivity contribution in [2.45, 2.75) is 19.3 Å². The second kappa shape index (κ2) is 12.8. The van der Waals surface area contributed by atoms with E-state index in [1.165, 1.54) is 24.9 Å². The number of anilines is 1. The van der Waals surface area contributed by atoms with Gasteiger partial charge in [0, 0.05) is 25.3 Å². The molecule has 0 unspecified atom stereocenters. The van der Waals surface area contributed by atoms with E-state index in [0.29, 0.717) is 26.4 Å². The molecule has 2 aromatic rings. The topological polar surface area (TPSA) is 94.8 Å². The average Bonchev–Trinajstić information content (AvgIpc) is 2.84. The predicted molar refractivity (Wildman–Crippen MR) is 125 cm³/mol. The standard InChI is InChI=1S/C25H31N3O4/c26-19-23(25(30)27-8-12-31-14-15-32-13-11-29)17-20-4-5-22-18-24(7-6-21(22)16-20)28-9-2-1-3-10-28/h4-7,16-18,29H,1-3,8-15H2,(H,27,30)/b23-17+. The molecule has 1 saturated heterocycles. The minimum Gasteiger partial charge on any atom is -0.394 e. The Balaban J connectivity index is 1.55. The third-order valence-corrected chi connectivity index (χ3v) is 5.38. The van der Waals surface area contributed by atoms with Crippen molar-refractivity contribution in [3.8, 4) is 6.07 Å². The first-order valence-corrected chi connectivity index (χ1v) is 11.2. The summed E-state index contributed by atoms with van der Waals surface area (Å²) in [5.41, 5.74) is 2.12. The number of piperidine rings is 1. The first kappa shape index (κ1) is 23.7. The summed E-state index contributed by atoms with van der Waals surface area (Å²) in [4.78, 5) is 14.8. The van der Waals surface area contributed by atoms with Gasteiger partial charge in [-0.25, -0.2) is 0 Å². The van der Waals surface area contributed by atoms with Crippen molar-refractivity contribution in [1.29, 1.82) is 5.26 Å². The highest BCUT2D eigenvalue weighted by atomic mass is 16.5. The molecule has 1 aliphatic rings. The Morgan fingerprint density at radius 2 is 1.75 bits per heavy atom. The van der Waals surface area contributed by atoms with Gasteiger partial charge in [0.2, 0.25) is 0 Å². The molecule has 1 amide bonds. The molecule has 0 bridgehead atoms. The molecule has 2 aromatic carbocycles. The van der Waals surface area contributed by atoms with E-state index in [4.69, 9.17) is 14.6 Å². The predicted octanol–water partition coefficient (Wildman–Crippen LogP) is 2.88. The van der Waals surface area contributed by atoms with E-state index in [9.17, 15) is 10.1 Å². The molecule has 0 saturated carbocycles. The summed E-state index contributed by atoms with van der Waals surface area (Å²) in [5, 5.41) is 23.0. The largest absolute Gasteiger partial charge is 0.394 e. The molecule has 0 aliphatic carbocycles. The number of rotatable bonds is 11. The zero-order valence-corrected chi connectivity index (χ0v) is 18.4. The fraction of sp³-hybridized carbons (Fsp3) is 0.440. The molecule has 32 heavy (non-hydrogen) atoms. The Kier molecular flexibility index (Phi) is 9.51. The van der Waals surface area contributed by atoms with E-state index >= 15 is 0 Å². The monoisotopic (exact) mass is 437 g/mol. The lowest BCUT2D eigenvalue weighted by Crippen LogP contribution is -2.29. The molecule has 170 valence electrons. The Labute approximate surface area is 189 Å². The summed E-state index contributed by atoms with van der Waals surface area (Å²) in [6.07, 6.45) is 5.40. The quantitative estimate of drug-likeness (QED) is 0.319. The number of carbonyl (C=O) groups is 1. The number of ether oxygens (including phenoxy) is 2. The fourth-order valence-electron chi connectivity index (χ4n) is 3.72. The highest BCUT2D eigenvalue weighted by Crippen LogP contribution is 2.26. The van der Waals surface area contributed by atoms with Gasteiger partial charge in [-0.2, -0.15) is 5.26 Å². The molecule has 0 spiro atoms. The van der Waals surface area contributed by atoms with E-state index in [1.54, 1.807) is 6.08 Å². The molecule has 7 nitrogen and oxygen atoms in total. The number of hydrogen-bond donors (Lipinski definition) is 2. The zero-order chi connectivity index (χ0) is 22.6. The van der Waals surface area contributed by atoms with Crippen LogP contribution >= 0.6 is 0 Å². The molecular weight excluding hydrogens is 406 g/mol. The maximum absolute atomic E-state index is 12.3. The van der Waals surface area contributed by atoms with Crippen molar-refractivity contribution in [3.05, 3.63) is 47.5 Å². The lowest BCUT2D eigenvalue weighted by molar-refractivity contribution is -0.117. The van der Waals surface area contributed by atoms with Crippen LogP contribution in [-0.4, -0.2) is 63.7 Å². The summed E-state index contributed by atoms with van der Waals surface area (Å²) in [7, 11) is 0. The summed E-state index contributed by atoms with van der Waals surface area (Å²) in [6, 6.07) is 14.4. The maximum Gasteiger partial charge on any atom is 0.262 e.